The summed E-state index contributed by atoms with van der Waals surface area (Å²) in [4.78, 5) is 0. The van der Waals surface area contributed by atoms with Crippen LogP contribution in [0.5, 0.6) is 0 Å². The molecule has 0 aliphatic heterocycles. The van der Waals surface area contributed by atoms with Gasteiger partial charge in [0.25, 0.3) is 0 Å². The van der Waals surface area contributed by atoms with E-state index >= 15 is 0 Å². The van der Waals surface area contributed by atoms with Gasteiger partial charge >= 0.3 is 0 Å². The van der Waals surface area contributed by atoms with Gasteiger partial charge in [0.05, 0.1) is 0 Å². The first-order chi connectivity index (χ1) is 5.54. The first kappa shape index (κ1) is 9.83. The highest BCUT2D eigenvalue weighted by atomic mass is 14.4. The summed E-state index contributed by atoms with van der Waals surface area (Å²) in [5.74, 6) is 0. The quantitative estimate of drug-likeness (QED) is 0.538. The molecule has 0 saturated heterocycles. The lowest BCUT2D eigenvalue weighted by atomic mass is 9.81. The van der Waals surface area contributed by atoms with E-state index in [9.17, 15) is 0 Å². The Kier molecular flexibility index (Phi) is 2.65. The molecule has 12 heavy (non-hydrogen) atoms. The normalized spacial score (nSPS) is 20.6. The van der Waals surface area contributed by atoms with Gasteiger partial charge in [0.2, 0.25) is 0 Å². The molecule has 70 valence electrons. The molecule has 1 rings (SSSR count). The van der Waals surface area contributed by atoms with Crippen LogP contribution in [-0.4, -0.2) is 0 Å². The summed E-state index contributed by atoms with van der Waals surface area (Å²) in [5, 5.41) is 0. The second-order valence-electron chi connectivity index (χ2n) is 5.08. The lowest BCUT2D eigenvalue weighted by Gasteiger charge is -2.24. The van der Waals surface area contributed by atoms with Gasteiger partial charge in [0, 0.05) is 0 Å². The Bertz CT molecular complexity index is 161. The molecule has 0 aromatic rings. The predicted octanol–water partition coefficient (Wildman–Crippen LogP) is 4.17. The summed E-state index contributed by atoms with van der Waals surface area (Å²) < 4.78 is 0. The average Bonchev–Trinajstić information content (AvgIpc) is 2.82. The third kappa shape index (κ3) is 2.36. The molecular formula is C12H22. The maximum Gasteiger partial charge on any atom is -0.0120 e. The summed E-state index contributed by atoms with van der Waals surface area (Å²) in [6, 6.07) is 0. The molecule has 0 amide bonds. The molecule has 0 aromatic carbocycles. The highest BCUT2D eigenvalue weighted by Crippen LogP contribution is 2.52. The van der Waals surface area contributed by atoms with Gasteiger partial charge in [-0.1, -0.05) is 33.3 Å². The minimum Gasteiger partial charge on any atom is -0.103 e. The van der Waals surface area contributed by atoms with Gasteiger partial charge in [-0.15, -0.1) is 6.58 Å². The van der Waals surface area contributed by atoms with E-state index in [0.29, 0.717) is 10.8 Å². The molecule has 0 unspecified atom stereocenters. The van der Waals surface area contributed by atoms with Crippen molar-refractivity contribution < 1.29 is 0 Å². The standard InChI is InChI=1S/C12H22/c1-5-11(3,4)7-8-12(6-2)9-10-12/h6H,2,5,7-10H2,1,3-4H3. The lowest BCUT2D eigenvalue weighted by Crippen LogP contribution is -2.11. The molecule has 0 heteroatoms. The van der Waals surface area contributed by atoms with Crippen LogP contribution in [0.3, 0.4) is 0 Å². The minimum atomic E-state index is 0.540. The van der Waals surface area contributed by atoms with Gasteiger partial charge in [-0.25, -0.2) is 0 Å². The largest absolute Gasteiger partial charge is 0.103 e. The van der Waals surface area contributed by atoms with E-state index in [1.807, 2.05) is 0 Å². The van der Waals surface area contributed by atoms with Crippen LogP contribution in [0, 0.1) is 10.8 Å². The Morgan fingerprint density at radius 1 is 1.42 bits per heavy atom. The fourth-order valence-corrected chi connectivity index (χ4v) is 1.48. The second kappa shape index (κ2) is 3.24. The molecule has 0 radical (unpaired) electrons. The molecule has 0 atom stereocenters. The van der Waals surface area contributed by atoms with Crippen LogP contribution in [-0.2, 0) is 0 Å². The summed E-state index contributed by atoms with van der Waals surface area (Å²) in [5.41, 5.74) is 1.10. The van der Waals surface area contributed by atoms with Gasteiger partial charge in [0.15, 0.2) is 0 Å². The number of rotatable bonds is 5. The van der Waals surface area contributed by atoms with Crippen molar-refractivity contribution >= 4 is 0 Å². The van der Waals surface area contributed by atoms with Crippen LogP contribution in [0.25, 0.3) is 0 Å². The molecule has 1 aliphatic carbocycles. The van der Waals surface area contributed by atoms with Gasteiger partial charge in [-0.2, -0.15) is 0 Å². The summed E-state index contributed by atoms with van der Waals surface area (Å²) in [6.45, 7) is 10.9. The SMILES string of the molecule is C=CC1(CCC(C)(C)CC)CC1. The van der Waals surface area contributed by atoms with Crippen LogP contribution in [0.1, 0.15) is 52.9 Å². The van der Waals surface area contributed by atoms with Crippen LogP contribution in [0.4, 0.5) is 0 Å². The highest BCUT2D eigenvalue weighted by Gasteiger charge is 2.39. The molecule has 0 nitrogen and oxygen atoms in total. The van der Waals surface area contributed by atoms with Crippen molar-refractivity contribution in [3.63, 3.8) is 0 Å². The molecule has 0 heterocycles. The van der Waals surface area contributed by atoms with Crippen molar-refractivity contribution in [1.29, 1.82) is 0 Å². The monoisotopic (exact) mass is 166 g/mol. The van der Waals surface area contributed by atoms with Crippen molar-refractivity contribution in [2.75, 3.05) is 0 Å². The first-order valence-electron chi connectivity index (χ1n) is 5.17. The van der Waals surface area contributed by atoms with Gasteiger partial charge < -0.3 is 0 Å². The molecule has 0 bridgehead atoms. The minimum absolute atomic E-state index is 0.540. The zero-order chi connectivity index (χ0) is 9.24. The van der Waals surface area contributed by atoms with E-state index < -0.39 is 0 Å². The van der Waals surface area contributed by atoms with Gasteiger partial charge in [-0.3, -0.25) is 0 Å². The van der Waals surface area contributed by atoms with Crippen LogP contribution < -0.4 is 0 Å². The van der Waals surface area contributed by atoms with E-state index in [4.69, 9.17) is 0 Å². The maximum absolute atomic E-state index is 3.92. The van der Waals surface area contributed by atoms with Crippen LogP contribution in [0.15, 0.2) is 12.7 Å². The second-order valence-corrected chi connectivity index (χ2v) is 5.08. The van der Waals surface area contributed by atoms with Crippen LogP contribution in [0.2, 0.25) is 0 Å². The zero-order valence-electron chi connectivity index (χ0n) is 8.82. The number of hydrogen-bond acceptors (Lipinski definition) is 0. The van der Waals surface area contributed by atoms with Crippen molar-refractivity contribution in [3.8, 4) is 0 Å². The van der Waals surface area contributed by atoms with Gasteiger partial charge in [-0.05, 0) is 36.5 Å². The fraction of sp³-hybridized carbons (Fsp3) is 0.833. The van der Waals surface area contributed by atoms with E-state index in [0.717, 1.165) is 0 Å². The summed E-state index contributed by atoms with van der Waals surface area (Å²) in [7, 11) is 0. The highest BCUT2D eigenvalue weighted by molar-refractivity contribution is 5.05. The van der Waals surface area contributed by atoms with E-state index in [1.54, 1.807) is 0 Å². The molecule has 1 saturated carbocycles. The summed E-state index contributed by atoms with van der Waals surface area (Å²) >= 11 is 0. The zero-order valence-corrected chi connectivity index (χ0v) is 8.82. The smallest absolute Gasteiger partial charge is 0.0120 e. The molecular weight excluding hydrogens is 144 g/mol. The number of hydrogen-bond donors (Lipinski definition) is 0. The Labute approximate surface area is 77.1 Å². The number of allylic oxidation sites excluding steroid dienone is 1. The van der Waals surface area contributed by atoms with Crippen LogP contribution >= 0.6 is 0 Å². The van der Waals surface area contributed by atoms with Crippen molar-refractivity contribution in [2.45, 2.75) is 52.9 Å². The average molecular weight is 166 g/mol. The Balaban J connectivity index is 2.30. The fourth-order valence-electron chi connectivity index (χ4n) is 1.48. The molecule has 0 N–H and O–H groups in total. The third-order valence-electron chi connectivity index (χ3n) is 3.58. The van der Waals surface area contributed by atoms with Crippen molar-refractivity contribution in [1.82, 2.24) is 0 Å². The van der Waals surface area contributed by atoms with Crippen molar-refractivity contribution in [3.05, 3.63) is 12.7 Å². The Morgan fingerprint density at radius 2 is 2.00 bits per heavy atom. The molecule has 0 spiro atoms. The molecule has 0 aromatic heterocycles. The lowest BCUT2D eigenvalue weighted by molar-refractivity contribution is 0.291. The van der Waals surface area contributed by atoms with E-state index in [2.05, 4.69) is 33.4 Å². The van der Waals surface area contributed by atoms with Crippen molar-refractivity contribution in [2.24, 2.45) is 10.8 Å². The van der Waals surface area contributed by atoms with E-state index in [1.165, 1.54) is 32.1 Å². The topological polar surface area (TPSA) is 0 Å². The summed E-state index contributed by atoms with van der Waals surface area (Å²) in [6.07, 6.45) is 8.96. The van der Waals surface area contributed by atoms with E-state index in [-0.39, 0.29) is 0 Å². The predicted molar refractivity (Wildman–Crippen MR) is 55.2 cm³/mol. The molecule has 1 aliphatic rings. The van der Waals surface area contributed by atoms with Gasteiger partial charge in [0.1, 0.15) is 0 Å². The maximum atomic E-state index is 3.92. The Morgan fingerprint density at radius 3 is 2.33 bits per heavy atom. The third-order valence-corrected chi connectivity index (χ3v) is 3.58. The first-order valence-corrected chi connectivity index (χ1v) is 5.17. The Hall–Kier alpha value is -0.260. The molecule has 1 fully saturated rings.